The van der Waals surface area contributed by atoms with Crippen molar-refractivity contribution in [3.63, 3.8) is 0 Å². The van der Waals surface area contributed by atoms with Gasteiger partial charge >= 0.3 is 24.8 Å². The molecule has 0 saturated heterocycles. The molecule has 6 aromatic rings. The number of nitrogens with two attached hydrogens (primary N) is 1. The number of nitrogens with zero attached hydrogens (tertiary/aromatic N) is 12. The molecule has 22 heteroatoms. The van der Waals surface area contributed by atoms with Gasteiger partial charge in [0.25, 0.3) is 0 Å². The Morgan fingerprint density at radius 3 is 1.92 bits per heavy atom. The summed E-state index contributed by atoms with van der Waals surface area (Å²) >= 11 is 16.7. The smallest absolute Gasteiger partial charge is 0.870 e. The Labute approximate surface area is 310 Å². The van der Waals surface area contributed by atoms with Crippen LogP contribution in [-0.4, -0.2) is 83.2 Å². The normalized spacial score (nSPS) is 9.90. The number of hydrogen-bond acceptors (Lipinski definition) is 15. The molecule has 6 heterocycles. The average molecular weight is 735 g/mol. The third kappa shape index (κ3) is 10.5. The summed E-state index contributed by atoms with van der Waals surface area (Å²) in [6.45, 7) is 3.77. The van der Waals surface area contributed by atoms with Gasteiger partial charge in [-0.25, -0.2) is 26.4 Å². The standard InChI is InChI=1S/C14H12ClN7O2.C9H11N5.C5HCl2N2O.Li.H2O/c1-7-8(10-6-17-22(2)21-10)3-4-16-13(7)18-9-5-11(15)19-20-12(9)14(23)24;1-6-7(3-4-11-9(6)10)8-5-12-14(2)13-8;6-3-1-5(7)9-8-4(3)2-10;;/h3-6H,1-2H3,(H,23,24)(H,16,18,19);3-5H,1-2H3,(H2,10,11);1H;;1H2/q;;-1;+1;/p-1. The minimum Gasteiger partial charge on any atom is -0.870 e. The summed E-state index contributed by atoms with van der Waals surface area (Å²) in [6, 6.07) is 6.40. The molecule has 0 bridgehead atoms. The van der Waals surface area contributed by atoms with E-state index in [9.17, 15) is 14.7 Å². The van der Waals surface area contributed by atoms with Crippen LogP contribution in [-0.2, 0) is 18.9 Å². The number of anilines is 3. The predicted molar refractivity (Wildman–Crippen MR) is 178 cm³/mol. The van der Waals surface area contributed by atoms with Gasteiger partial charge in [0.2, 0.25) is 0 Å². The van der Waals surface area contributed by atoms with E-state index in [1.54, 1.807) is 44.9 Å². The first-order chi connectivity index (χ1) is 22.9. The number of aromatic nitrogens is 12. The van der Waals surface area contributed by atoms with Crippen LogP contribution in [0.4, 0.5) is 17.3 Å². The van der Waals surface area contributed by atoms with E-state index < -0.39 is 5.97 Å². The van der Waals surface area contributed by atoms with E-state index in [2.05, 4.69) is 56.1 Å². The summed E-state index contributed by atoms with van der Waals surface area (Å²) in [5, 5.41) is 42.9. The maximum Gasteiger partial charge on any atom is 1.00 e. The monoisotopic (exact) mass is 733 g/mol. The Bertz CT molecular complexity index is 2100. The minimum atomic E-state index is -1.22. The van der Waals surface area contributed by atoms with E-state index in [4.69, 9.17) is 40.5 Å². The Balaban J connectivity index is 0.000000283. The number of carbonyl (C=O) groups is 1. The largest absolute Gasteiger partial charge is 1.00 e. The van der Waals surface area contributed by atoms with E-state index in [1.807, 2.05) is 19.9 Å². The number of pyridine rings is 2. The molecule has 0 aliphatic heterocycles. The number of rotatable bonds is 6. The van der Waals surface area contributed by atoms with Crippen LogP contribution in [0.2, 0.25) is 15.3 Å². The predicted octanol–water partition coefficient (Wildman–Crippen LogP) is 0.907. The molecule has 0 unspecified atom stereocenters. The minimum absolute atomic E-state index is 0. The van der Waals surface area contributed by atoms with Crippen molar-refractivity contribution < 1.29 is 39.0 Å². The zero-order valence-electron chi connectivity index (χ0n) is 26.9. The quantitative estimate of drug-likeness (QED) is 0.159. The molecule has 254 valence electrons. The number of hydrogen-bond donors (Lipinski definition) is 3. The van der Waals surface area contributed by atoms with Crippen molar-refractivity contribution in [2.24, 2.45) is 14.1 Å². The SMILES string of the molecule is Cc1c(-c2cnn(C)n2)ccnc1N.Cc1c(-c2cnn(C)n2)ccnc1Nc1cc(Cl)nnc1C(=O)O.O=[C-]c1nnc(Cl)cc1Cl.[Li+].[OH-]. The molecule has 0 fully saturated rings. The second kappa shape index (κ2) is 18.6. The fourth-order valence-electron chi connectivity index (χ4n) is 3.87. The zero-order valence-corrected chi connectivity index (χ0v) is 29.2. The van der Waals surface area contributed by atoms with Crippen LogP contribution in [0.15, 0.2) is 49.1 Å². The molecule has 0 aliphatic carbocycles. The van der Waals surface area contributed by atoms with Gasteiger partial charge in [0, 0.05) is 61.1 Å². The third-order valence-corrected chi connectivity index (χ3v) is 6.89. The van der Waals surface area contributed by atoms with Crippen LogP contribution in [0.3, 0.4) is 0 Å². The Morgan fingerprint density at radius 1 is 0.860 bits per heavy atom. The van der Waals surface area contributed by atoms with Gasteiger partial charge in [-0.2, -0.15) is 35.1 Å². The zero-order chi connectivity index (χ0) is 35.0. The third-order valence-electron chi connectivity index (χ3n) is 6.23. The average Bonchev–Trinajstić information content (AvgIpc) is 3.68. The summed E-state index contributed by atoms with van der Waals surface area (Å²) < 4.78 is 0. The Hall–Kier alpha value is -5.09. The van der Waals surface area contributed by atoms with Gasteiger partial charge in [0.1, 0.15) is 28.2 Å². The van der Waals surface area contributed by atoms with Gasteiger partial charge in [0.15, 0.2) is 10.8 Å². The van der Waals surface area contributed by atoms with Gasteiger partial charge in [0.05, 0.1) is 18.1 Å². The fraction of sp³-hybridized carbons (Fsp3) is 0.143. The number of nitrogen functional groups attached to an aromatic ring is 1. The molecule has 0 amide bonds. The molecule has 0 radical (unpaired) electrons. The van der Waals surface area contributed by atoms with E-state index >= 15 is 0 Å². The number of carboxylic acids is 1. The molecule has 0 atom stereocenters. The van der Waals surface area contributed by atoms with Crippen LogP contribution in [0.1, 0.15) is 27.3 Å². The van der Waals surface area contributed by atoms with E-state index in [0.717, 1.165) is 27.9 Å². The molecule has 0 aromatic carbocycles. The van der Waals surface area contributed by atoms with Crippen molar-refractivity contribution >= 4 is 64.4 Å². The van der Waals surface area contributed by atoms with Crippen molar-refractivity contribution in [1.29, 1.82) is 0 Å². The first-order valence-corrected chi connectivity index (χ1v) is 14.5. The number of nitrogens with one attached hydrogen (secondary N) is 1. The molecular weight excluding hydrogens is 710 g/mol. The first kappa shape index (κ1) is 41.1. The molecule has 18 nitrogen and oxygen atoms in total. The van der Waals surface area contributed by atoms with E-state index in [0.29, 0.717) is 17.3 Å². The second-order valence-corrected chi connectivity index (χ2v) is 10.6. The van der Waals surface area contributed by atoms with Crippen LogP contribution in [0.25, 0.3) is 22.5 Å². The maximum absolute atomic E-state index is 11.3. The van der Waals surface area contributed by atoms with Crippen molar-refractivity contribution in [1.82, 2.24) is 60.4 Å². The van der Waals surface area contributed by atoms with Gasteiger partial charge in [-0.1, -0.05) is 34.3 Å². The van der Waals surface area contributed by atoms with Crippen LogP contribution in [0.5, 0.6) is 0 Å². The Kier molecular flexibility index (Phi) is 15.3. The number of aromatic carboxylic acids is 1. The molecular formula is C28H25Cl3LiN14O4-. The number of carbonyl (C=O) groups excluding carboxylic acids is 1. The summed E-state index contributed by atoms with van der Waals surface area (Å²) in [6.07, 6.45) is 8.12. The van der Waals surface area contributed by atoms with Gasteiger partial charge < -0.3 is 26.4 Å². The molecule has 0 aliphatic rings. The number of aryl methyl sites for hydroxylation is 2. The Morgan fingerprint density at radius 2 is 1.40 bits per heavy atom. The summed E-state index contributed by atoms with van der Waals surface area (Å²) in [5.74, 6) is -0.220. The first-order valence-electron chi connectivity index (χ1n) is 13.4. The van der Waals surface area contributed by atoms with Gasteiger partial charge in [-0.3, -0.25) is 0 Å². The van der Waals surface area contributed by atoms with Gasteiger partial charge in [-0.05, 0) is 31.7 Å². The number of carboxylic acid groups (broad SMARTS) is 1. The fourth-order valence-corrected chi connectivity index (χ4v) is 4.40. The molecule has 6 rings (SSSR count). The molecule has 0 spiro atoms. The number of halogens is 3. The second-order valence-electron chi connectivity index (χ2n) is 9.46. The molecule has 0 saturated carbocycles. The molecule has 5 N–H and O–H groups in total. The summed E-state index contributed by atoms with van der Waals surface area (Å²) in [5.41, 5.74) is 10.7. The van der Waals surface area contributed by atoms with Crippen molar-refractivity contribution in [3.05, 3.63) is 86.9 Å². The van der Waals surface area contributed by atoms with Crippen LogP contribution in [0, 0.1) is 13.8 Å². The summed E-state index contributed by atoms with van der Waals surface area (Å²) in [7, 11) is 3.51. The van der Waals surface area contributed by atoms with Crippen molar-refractivity contribution in [2.45, 2.75) is 13.8 Å². The van der Waals surface area contributed by atoms with Crippen LogP contribution < -0.4 is 29.9 Å². The maximum atomic E-state index is 11.3. The van der Waals surface area contributed by atoms with E-state index in [1.165, 1.54) is 28.0 Å². The molecule has 50 heavy (non-hydrogen) atoms. The van der Waals surface area contributed by atoms with Gasteiger partial charge in [-0.15, -0.1) is 15.3 Å². The van der Waals surface area contributed by atoms with Crippen LogP contribution >= 0.6 is 34.8 Å². The summed E-state index contributed by atoms with van der Waals surface area (Å²) in [4.78, 5) is 32.5. The van der Waals surface area contributed by atoms with E-state index in [-0.39, 0.29) is 56.7 Å². The van der Waals surface area contributed by atoms with Crippen molar-refractivity contribution in [3.8, 4) is 22.5 Å². The topological polar surface area (TPSA) is 261 Å². The van der Waals surface area contributed by atoms with Crippen molar-refractivity contribution in [2.75, 3.05) is 11.1 Å². The molecule has 6 aromatic heterocycles.